The van der Waals surface area contributed by atoms with E-state index in [4.69, 9.17) is 0 Å². The van der Waals surface area contributed by atoms with Crippen LogP contribution in [0.1, 0.15) is 45.3 Å². The van der Waals surface area contributed by atoms with Gasteiger partial charge in [0.1, 0.15) is 0 Å². The Morgan fingerprint density at radius 3 is 2.50 bits per heavy atom. The zero-order valence-electron chi connectivity index (χ0n) is 14.9. The van der Waals surface area contributed by atoms with E-state index in [1.165, 1.54) is 0 Å². The summed E-state index contributed by atoms with van der Waals surface area (Å²) in [4.78, 5) is 32.8. The number of hydrogen-bond acceptors (Lipinski definition) is 3. The molecule has 1 atom stereocenters. The van der Waals surface area contributed by atoms with E-state index >= 15 is 0 Å². The highest BCUT2D eigenvalue weighted by molar-refractivity contribution is 5.80. The van der Waals surface area contributed by atoms with Gasteiger partial charge in [0.05, 0.1) is 11.7 Å². The summed E-state index contributed by atoms with van der Waals surface area (Å²) in [6.07, 6.45) is 3.16. The van der Waals surface area contributed by atoms with Crippen molar-refractivity contribution in [3.05, 3.63) is 30.1 Å². The van der Waals surface area contributed by atoms with Crippen LogP contribution in [0, 0.1) is 5.92 Å². The number of carbonyl (C=O) groups is 2. The maximum Gasteiger partial charge on any atom is 0.319 e. The largest absolute Gasteiger partial charge is 0.348 e. The molecule has 0 bridgehead atoms. The fourth-order valence-electron chi connectivity index (χ4n) is 3.06. The highest BCUT2D eigenvalue weighted by Gasteiger charge is 2.29. The van der Waals surface area contributed by atoms with Gasteiger partial charge in [-0.25, -0.2) is 4.79 Å². The van der Waals surface area contributed by atoms with Crippen LogP contribution in [0.5, 0.6) is 0 Å². The predicted octanol–water partition coefficient (Wildman–Crippen LogP) is 2.43. The van der Waals surface area contributed by atoms with Crippen molar-refractivity contribution in [1.82, 2.24) is 20.1 Å². The van der Waals surface area contributed by atoms with Crippen LogP contribution >= 0.6 is 0 Å². The fourth-order valence-corrected chi connectivity index (χ4v) is 3.06. The van der Waals surface area contributed by atoms with Crippen LogP contribution in [-0.2, 0) is 4.79 Å². The van der Waals surface area contributed by atoms with Gasteiger partial charge in [0.2, 0.25) is 5.91 Å². The van der Waals surface area contributed by atoms with E-state index in [9.17, 15) is 9.59 Å². The van der Waals surface area contributed by atoms with Gasteiger partial charge < -0.3 is 15.1 Å². The van der Waals surface area contributed by atoms with Crippen molar-refractivity contribution in [2.75, 3.05) is 26.2 Å². The van der Waals surface area contributed by atoms with Crippen molar-refractivity contribution in [2.24, 2.45) is 5.92 Å². The first-order valence-corrected chi connectivity index (χ1v) is 8.81. The standard InChI is InChI=1S/C18H28N4O2/c1-4-21(5-2)18(24)22-12-9-15(10-13-22)17(23)20-14(3)16-8-6-7-11-19-16/h6-8,11,14-15H,4-5,9-10,12-13H2,1-3H3,(H,20,23). The first-order valence-electron chi connectivity index (χ1n) is 8.81. The van der Waals surface area contributed by atoms with Gasteiger partial charge in [0.25, 0.3) is 0 Å². The third kappa shape index (κ3) is 4.46. The lowest BCUT2D eigenvalue weighted by atomic mass is 9.95. The van der Waals surface area contributed by atoms with E-state index in [-0.39, 0.29) is 23.9 Å². The lowest BCUT2D eigenvalue weighted by Gasteiger charge is -2.35. The third-order valence-electron chi connectivity index (χ3n) is 4.66. The smallest absolute Gasteiger partial charge is 0.319 e. The Labute approximate surface area is 144 Å². The summed E-state index contributed by atoms with van der Waals surface area (Å²) in [5, 5.41) is 3.04. The Morgan fingerprint density at radius 1 is 1.29 bits per heavy atom. The molecule has 132 valence electrons. The second kappa shape index (κ2) is 8.66. The summed E-state index contributed by atoms with van der Waals surface area (Å²) in [6.45, 7) is 8.64. The molecule has 0 saturated carbocycles. The molecule has 1 aliphatic rings. The van der Waals surface area contributed by atoms with Gasteiger partial charge in [-0.15, -0.1) is 0 Å². The summed E-state index contributed by atoms with van der Waals surface area (Å²) in [5.74, 6) is 0.0278. The molecule has 2 rings (SSSR count). The molecule has 1 fully saturated rings. The van der Waals surface area contributed by atoms with E-state index < -0.39 is 0 Å². The molecule has 2 heterocycles. The lowest BCUT2D eigenvalue weighted by molar-refractivity contribution is -0.127. The molecule has 0 radical (unpaired) electrons. The summed E-state index contributed by atoms with van der Waals surface area (Å²) in [6, 6.07) is 5.67. The van der Waals surface area contributed by atoms with E-state index in [1.807, 2.05) is 48.8 Å². The molecular formula is C18H28N4O2. The van der Waals surface area contributed by atoms with Crippen LogP contribution in [0.15, 0.2) is 24.4 Å². The Morgan fingerprint density at radius 2 is 1.96 bits per heavy atom. The molecule has 6 nitrogen and oxygen atoms in total. The van der Waals surface area contributed by atoms with Gasteiger partial charge in [-0.1, -0.05) is 6.07 Å². The number of nitrogens with one attached hydrogen (secondary N) is 1. The van der Waals surface area contributed by atoms with Gasteiger partial charge in [-0.3, -0.25) is 9.78 Å². The SMILES string of the molecule is CCN(CC)C(=O)N1CCC(C(=O)NC(C)c2ccccn2)CC1. The van der Waals surface area contributed by atoms with E-state index in [0.717, 1.165) is 18.8 Å². The Kier molecular flexibility index (Phi) is 6.58. The van der Waals surface area contributed by atoms with Crippen LogP contribution in [0.25, 0.3) is 0 Å². The fraction of sp³-hybridized carbons (Fsp3) is 0.611. The zero-order chi connectivity index (χ0) is 17.5. The molecule has 0 aliphatic carbocycles. The monoisotopic (exact) mass is 332 g/mol. The van der Waals surface area contributed by atoms with E-state index in [0.29, 0.717) is 25.9 Å². The van der Waals surface area contributed by atoms with Crippen molar-refractivity contribution in [3.8, 4) is 0 Å². The summed E-state index contributed by atoms with van der Waals surface area (Å²) < 4.78 is 0. The maximum atomic E-state index is 12.5. The maximum absolute atomic E-state index is 12.5. The summed E-state index contributed by atoms with van der Waals surface area (Å²) >= 11 is 0. The number of likely N-dealkylation sites (tertiary alicyclic amines) is 1. The highest BCUT2D eigenvalue weighted by atomic mass is 16.2. The third-order valence-corrected chi connectivity index (χ3v) is 4.66. The van der Waals surface area contributed by atoms with E-state index in [2.05, 4.69) is 10.3 Å². The van der Waals surface area contributed by atoms with Gasteiger partial charge in [-0.05, 0) is 45.7 Å². The minimum absolute atomic E-state index is 0.0306. The highest BCUT2D eigenvalue weighted by Crippen LogP contribution is 2.20. The van der Waals surface area contributed by atoms with Crippen molar-refractivity contribution in [1.29, 1.82) is 0 Å². The normalized spacial score (nSPS) is 16.5. The van der Waals surface area contributed by atoms with Crippen LogP contribution in [0.3, 0.4) is 0 Å². The van der Waals surface area contributed by atoms with Crippen LogP contribution in [-0.4, -0.2) is 52.9 Å². The lowest BCUT2D eigenvalue weighted by Crippen LogP contribution is -2.48. The topological polar surface area (TPSA) is 65.5 Å². The number of nitrogens with zero attached hydrogens (tertiary/aromatic N) is 3. The molecule has 1 aromatic heterocycles. The first kappa shape index (κ1) is 18.2. The molecule has 1 unspecified atom stereocenters. The van der Waals surface area contributed by atoms with Crippen LogP contribution < -0.4 is 5.32 Å². The molecule has 0 spiro atoms. The van der Waals surface area contributed by atoms with Crippen molar-refractivity contribution in [2.45, 2.75) is 39.7 Å². The number of pyridine rings is 1. The van der Waals surface area contributed by atoms with Gasteiger partial charge in [0, 0.05) is 38.3 Å². The molecule has 1 saturated heterocycles. The number of urea groups is 1. The molecule has 0 aromatic carbocycles. The second-order valence-electron chi connectivity index (χ2n) is 6.20. The molecule has 24 heavy (non-hydrogen) atoms. The van der Waals surface area contributed by atoms with Crippen molar-refractivity contribution < 1.29 is 9.59 Å². The minimum Gasteiger partial charge on any atom is -0.348 e. The van der Waals surface area contributed by atoms with E-state index in [1.54, 1.807) is 6.20 Å². The number of hydrogen-bond donors (Lipinski definition) is 1. The van der Waals surface area contributed by atoms with Crippen molar-refractivity contribution >= 4 is 11.9 Å². The average molecular weight is 332 g/mol. The number of rotatable bonds is 5. The zero-order valence-corrected chi connectivity index (χ0v) is 14.9. The quantitative estimate of drug-likeness (QED) is 0.900. The number of aromatic nitrogens is 1. The average Bonchev–Trinajstić information content (AvgIpc) is 2.63. The Hall–Kier alpha value is -2.11. The van der Waals surface area contributed by atoms with Crippen molar-refractivity contribution in [3.63, 3.8) is 0 Å². The number of piperidine rings is 1. The summed E-state index contributed by atoms with van der Waals surface area (Å²) in [7, 11) is 0. The molecule has 1 N–H and O–H groups in total. The number of carbonyl (C=O) groups excluding carboxylic acids is 2. The first-order chi connectivity index (χ1) is 11.6. The minimum atomic E-state index is -0.103. The molecule has 1 aliphatic heterocycles. The van der Waals surface area contributed by atoms with Crippen LogP contribution in [0.4, 0.5) is 4.79 Å². The predicted molar refractivity (Wildman–Crippen MR) is 93.4 cm³/mol. The Balaban J connectivity index is 1.83. The molecule has 6 heteroatoms. The van der Waals surface area contributed by atoms with Crippen LogP contribution in [0.2, 0.25) is 0 Å². The second-order valence-corrected chi connectivity index (χ2v) is 6.20. The molecular weight excluding hydrogens is 304 g/mol. The number of amides is 3. The Bertz CT molecular complexity index is 537. The van der Waals surface area contributed by atoms with Gasteiger partial charge in [-0.2, -0.15) is 0 Å². The van der Waals surface area contributed by atoms with Gasteiger partial charge in [0.15, 0.2) is 0 Å². The van der Waals surface area contributed by atoms with Gasteiger partial charge >= 0.3 is 6.03 Å². The summed E-state index contributed by atoms with van der Waals surface area (Å²) in [5.41, 5.74) is 0.861. The molecule has 3 amide bonds. The molecule has 1 aromatic rings.